The first-order chi connectivity index (χ1) is 34.3. The number of ether oxygens (including phenoxy) is 2. The van der Waals surface area contributed by atoms with E-state index in [0.29, 0.717) is 19.4 Å². The molecule has 0 rings (SSSR count). The predicted octanol–water partition coefficient (Wildman–Crippen LogP) is 24.6. The first-order valence-electron chi connectivity index (χ1n) is 25.4. The third-order valence-electron chi connectivity index (χ3n) is 9.04. The van der Waals surface area contributed by atoms with Crippen LogP contribution in [0.15, 0.2) is 36.8 Å². The number of hydrogen-bond donors (Lipinski definition) is 1. The first-order valence-corrected chi connectivity index (χ1v) is 50.7. The molecule has 12 nitrogen and oxygen atoms in total. The predicted molar refractivity (Wildman–Crippen MR) is 450 cm³/mol. The van der Waals surface area contributed by atoms with Gasteiger partial charge in [0.15, 0.2) is 41.4 Å². The van der Waals surface area contributed by atoms with Gasteiger partial charge in [-0.1, -0.05) is 224 Å². The second kappa shape index (κ2) is 85.7. The van der Waals surface area contributed by atoms with E-state index in [-0.39, 0.29) is 155 Å². The standard InChI is InChI=1S/C14H27O2Si.C11H34O4Si5.C10H13F9O2.C9H23O4Si5.20CH4.3Rf/c1-5-8-12-17(13-9-6-2)16-11-10-14(4,15)7-3;1-16(12-17(2,3)4)13-19(8,9)15-20(10,11)14-18(5,6)7;1-2-3-4-20-6-8(14,9(15,16)17)21-10(18,19)7(12,13)5-11;1-7-14-10-15-11-16(4)12-17(8-2)13-18(5,6)9-3;;;;;;;;;;;;;;;;;;;;;;;/h3,15H,5-6,8-13H2,1-2,4H3;16H,1-11H3;2-6H2,1H3;7-9,17H,1-3,14-15H2,4-6H3;20*1H4;;;. The molecule has 0 heterocycles. The number of aliphatic hydroxyl groups is 1. The van der Waals surface area contributed by atoms with Crippen molar-refractivity contribution in [1.29, 1.82) is 0 Å². The van der Waals surface area contributed by atoms with E-state index in [2.05, 4.69) is 134 Å². The molecule has 0 aromatic heterocycles. The summed E-state index contributed by atoms with van der Waals surface area (Å²) in [6.45, 7) is 43.9. The van der Waals surface area contributed by atoms with Crippen LogP contribution in [0.2, 0.25) is 104 Å². The van der Waals surface area contributed by atoms with Gasteiger partial charge in [0.2, 0.25) is 9.04 Å². The Bertz CT molecular complexity index is 1620. The van der Waals surface area contributed by atoms with Crippen LogP contribution in [0, 0.1) is 12.3 Å². The molecule has 0 aliphatic heterocycles. The minimum atomic E-state index is -6.07. The Morgan fingerprint density at radius 1 is 0.596 bits per heavy atom. The zero-order valence-corrected chi connectivity index (χ0v) is 82.5. The normalized spacial score (nSPS) is 12.1. The van der Waals surface area contributed by atoms with Gasteiger partial charge >= 0.3 is 59.8 Å². The van der Waals surface area contributed by atoms with Crippen molar-refractivity contribution in [3.63, 3.8) is 0 Å². The van der Waals surface area contributed by atoms with E-state index >= 15 is 0 Å². The Balaban J connectivity index is -0.0000000260. The first kappa shape index (κ1) is 182. The van der Waals surface area contributed by atoms with Gasteiger partial charge in [-0.15, -0.1) is 26.2 Å². The molecule has 0 aliphatic rings. The van der Waals surface area contributed by atoms with Gasteiger partial charge in [0.05, 0.1) is 0 Å². The summed E-state index contributed by atoms with van der Waals surface area (Å²) in [7, 11) is -16.1. The largest absolute Gasteiger partial charge is 0.451 e. The summed E-state index contributed by atoms with van der Waals surface area (Å²) in [6, 6.07) is 2.44. The van der Waals surface area contributed by atoms with Crippen molar-refractivity contribution in [2.45, 2.75) is 355 Å². The van der Waals surface area contributed by atoms with Crippen molar-refractivity contribution in [3.8, 4) is 12.3 Å². The van der Waals surface area contributed by atoms with Gasteiger partial charge in [0.25, 0.3) is 19.3 Å². The van der Waals surface area contributed by atoms with Crippen molar-refractivity contribution in [3.05, 3.63) is 36.8 Å². The molecule has 618 valence electrons. The molecule has 0 saturated carbocycles. The molecule has 4 unspecified atom stereocenters. The Morgan fingerprint density at radius 3 is 1.31 bits per heavy atom. The number of unbranched alkanes of at least 4 members (excludes halogenated alkanes) is 3. The van der Waals surface area contributed by atoms with E-state index in [9.17, 15) is 44.6 Å². The summed E-state index contributed by atoms with van der Waals surface area (Å²) in [5, 5.41) is 9.68. The van der Waals surface area contributed by atoms with Gasteiger partial charge in [0, 0.05) is 19.6 Å². The summed E-state index contributed by atoms with van der Waals surface area (Å²) < 4.78 is 173. The van der Waals surface area contributed by atoms with E-state index in [1.807, 2.05) is 17.9 Å². The second-order valence-electron chi connectivity index (χ2n) is 20.9. The second-order valence-corrected chi connectivity index (χ2v) is 53.6. The van der Waals surface area contributed by atoms with Gasteiger partial charge in [-0.2, -0.15) is 35.1 Å². The van der Waals surface area contributed by atoms with Crippen LogP contribution in [-0.4, -0.2) is 160 Å². The number of halogens is 9. The Morgan fingerprint density at radius 2 is 1.00 bits per heavy atom. The molecular weight excluding hydrogens is 2240 g/mol. The van der Waals surface area contributed by atoms with Gasteiger partial charge in [-0.3, -0.25) is 4.74 Å². The van der Waals surface area contributed by atoms with Crippen LogP contribution in [0.5, 0.6) is 0 Å². The molecule has 0 aromatic carbocycles. The maximum absolute atomic E-state index is 13.5. The fourth-order valence-electron chi connectivity index (χ4n) is 5.68. The number of hydrogen-bond acceptors (Lipinski definition) is 12. The average molecular weight is 2420 g/mol. The fraction of sp³-hybridized carbons (Fsp3) is 0.875. The SMILES string of the molecule is C.C.C.C.C.C.C.C.C.C.C.C.C.C.C.C.C.C.C.C.C#CC(C)(O)CCO[Si](CCCC)CCCC.C=C[SiH2]O[SiH2]O[Si](C)O[SiH](C=C)O[Si](C)(C)C=C.CCCCOCC(F)(OC(F)(F)C(F)(F)CF)C(F)(F)F.C[SiH](O[Si](C)(C)C)O[Si](C)(C)O[Si](C)(C)O[Si](C)(C)C.[Rf].[Rf].[Rf]. The van der Waals surface area contributed by atoms with Crippen molar-refractivity contribution >= 4 is 98.7 Å². The molecule has 99 heavy (non-hydrogen) atoms. The quantitative estimate of drug-likeness (QED) is 0.0274. The zero-order valence-electron chi connectivity index (χ0n) is 51.2. The molecule has 4 atom stereocenters. The van der Waals surface area contributed by atoms with Gasteiger partial charge in [-0.05, 0) is 117 Å². The third kappa shape index (κ3) is 99.3. The Kier molecular flexibility index (Phi) is 158. The van der Waals surface area contributed by atoms with Gasteiger partial charge in [-0.25, -0.2) is 4.39 Å². The van der Waals surface area contributed by atoms with Crippen LogP contribution < -0.4 is 0 Å². The third-order valence-corrected chi connectivity index (χ3v) is 38.5. The smallest absolute Gasteiger partial charge is 0.442 e. The molecule has 0 fully saturated rings. The van der Waals surface area contributed by atoms with E-state index in [1.54, 1.807) is 19.5 Å². The van der Waals surface area contributed by atoms with E-state index in [1.165, 1.54) is 37.8 Å². The molecule has 0 aliphatic carbocycles. The van der Waals surface area contributed by atoms with Crippen LogP contribution in [0.1, 0.15) is 221 Å². The van der Waals surface area contributed by atoms with Crippen LogP contribution in [0.4, 0.5) is 39.5 Å². The molecule has 0 aromatic rings. The number of rotatable bonds is 38. The van der Waals surface area contributed by atoms with Gasteiger partial charge in [0.1, 0.15) is 12.2 Å². The van der Waals surface area contributed by atoms with Crippen LogP contribution in [-0.2, 0) is 46.8 Å². The summed E-state index contributed by atoms with van der Waals surface area (Å²) in [6.07, 6.45) is -0.705. The number of terminal acetylenes is 1. The maximum atomic E-state index is 13.5. The molecular formula is C64H177F9O12Rf3Si11. The Hall–Kier alpha value is -2.94. The summed E-state index contributed by atoms with van der Waals surface area (Å²) >= 11 is 0. The summed E-state index contributed by atoms with van der Waals surface area (Å²) in [5.74, 6) is -8.42. The van der Waals surface area contributed by atoms with Crippen molar-refractivity contribution in [2.75, 3.05) is 26.5 Å². The van der Waals surface area contributed by atoms with E-state index in [0.717, 1.165) is 0 Å². The van der Waals surface area contributed by atoms with Crippen LogP contribution >= 0.6 is 0 Å². The minimum Gasteiger partial charge on any atom is -0.442 e. The number of alkyl halides is 9. The molecule has 2 radical (unpaired) electrons. The molecule has 35 heteroatoms. The minimum absolute atomic E-state index is 0. The van der Waals surface area contributed by atoms with Crippen molar-refractivity contribution in [2.24, 2.45) is 0 Å². The van der Waals surface area contributed by atoms with E-state index in [4.69, 9.17) is 43.8 Å². The van der Waals surface area contributed by atoms with E-state index < -0.39 is 148 Å². The molecule has 0 saturated heterocycles. The van der Waals surface area contributed by atoms with Crippen molar-refractivity contribution in [1.82, 2.24) is 0 Å². The van der Waals surface area contributed by atoms with Gasteiger partial charge < -0.3 is 47.2 Å². The van der Waals surface area contributed by atoms with Crippen LogP contribution in [0.25, 0.3) is 0 Å². The average Bonchev–Trinajstić information content (AvgIpc) is 3.25. The molecule has 1 N–H and O–H groups in total. The molecule has 0 amide bonds. The summed E-state index contributed by atoms with van der Waals surface area (Å²) in [5.41, 5.74) is 4.53. The monoisotopic (exact) mass is 2420 g/mol. The molecule has 0 spiro atoms. The maximum Gasteiger partial charge on any atom is 0.451 e. The topological polar surface area (TPSA) is 122 Å². The molecule has 0 bridgehead atoms. The zero-order chi connectivity index (χ0) is 60.5. The van der Waals surface area contributed by atoms with Crippen molar-refractivity contribution < 1.29 is 91.4 Å². The Labute approximate surface area is 616 Å². The summed E-state index contributed by atoms with van der Waals surface area (Å²) in [4.78, 5) is 0. The fourth-order valence-corrected chi connectivity index (χ4v) is 36.9. The van der Waals surface area contributed by atoms with Crippen LogP contribution in [0.3, 0.4) is 0 Å².